The van der Waals surface area contributed by atoms with E-state index in [0.29, 0.717) is 12.2 Å². The molecule has 2 aromatic rings. The van der Waals surface area contributed by atoms with Crippen molar-refractivity contribution in [3.8, 4) is 0 Å². The SMILES string of the molecule is C=CNC1=CC(C(=O)OCC)=CNC1C.Cc1cnn2cc(Br)sc12. The lowest BCUT2D eigenvalue weighted by Crippen LogP contribution is -2.33. The predicted molar refractivity (Wildman–Crippen MR) is 104 cm³/mol. The summed E-state index contributed by atoms with van der Waals surface area (Å²) >= 11 is 5.10. The molecule has 0 aromatic carbocycles. The smallest absolute Gasteiger partial charge is 0.339 e. The number of hydrogen-bond acceptors (Lipinski definition) is 6. The van der Waals surface area contributed by atoms with Gasteiger partial charge in [0, 0.05) is 17.5 Å². The number of halogens is 1. The van der Waals surface area contributed by atoms with Crippen LogP contribution < -0.4 is 10.6 Å². The molecule has 1 atom stereocenters. The Morgan fingerprint density at radius 3 is 3.04 bits per heavy atom. The van der Waals surface area contributed by atoms with Gasteiger partial charge in [0.05, 0.1) is 34.4 Å². The molecule has 6 nitrogen and oxygen atoms in total. The minimum atomic E-state index is -0.319. The number of aromatic nitrogens is 2. The summed E-state index contributed by atoms with van der Waals surface area (Å²) in [5.74, 6) is -0.319. The fourth-order valence-electron chi connectivity index (χ4n) is 2.13. The summed E-state index contributed by atoms with van der Waals surface area (Å²) in [7, 11) is 0. The highest BCUT2D eigenvalue weighted by atomic mass is 79.9. The minimum Gasteiger partial charge on any atom is -0.462 e. The van der Waals surface area contributed by atoms with E-state index in [4.69, 9.17) is 4.74 Å². The van der Waals surface area contributed by atoms with E-state index in [9.17, 15) is 4.79 Å². The molecule has 3 heterocycles. The Kier molecular flexibility index (Phi) is 6.83. The van der Waals surface area contributed by atoms with Gasteiger partial charge in [-0.25, -0.2) is 9.31 Å². The Morgan fingerprint density at radius 1 is 1.64 bits per heavy atom. The summed E-state index contributed by atoms with van der Waals surface area (Å²) in [6, 6.07) is 0.140. The fraction of sp³-hybridized carbons (Fsp3) is 0.294. The molecule has 0 bridgehead atoms. The summed E-state index contributed by atoms with van der Waals surface area (Å²) < 4.78 is 7.90. The molecule has 1 aliphatic heterocycles. The third-order valence-corrected chi connectivity index (χ3v) is 5.08. The van der Waals surface area contributed by atoms with Crippen LogP contribution in [0, 0.1) is 6.92 Å². The molecule has 0 radical (unpaired) electrons. The van der Waals surface area contributed by atoms with E-state index in [0.717, 1.165) is 9.48 Å². The molecular weight excluding hydrogens is 404 g/mol. The summed E-state index contributed by atoms with van der Waals surface area (Å²) in [4.78, 5) is 12.6. The van der Waals surface area contributed by atoms with E-state index < -0.39 is 0 Å². The Morgan fingerprint density at radius 2 is 2.40 bits per heavy atom. The maximum atomic E-state index is 11.4. The van der Waals surface area contributed by atoms with Crippen molar-refractivity contribution in [2.75, 3.05) is 6.61 Å². The van der Waals surface area contributed by atoms with Gasteiger partial charge in [-0.15, -0.1) is 11.3 Å². The Balaban J connectivity index is 0.000000194. The molecule has 25 heavy (non-hydrogen) atoms. The highest BCUT2D eigenvalue weighted by Gasteiger charge is 2.16. The Labute approximate surface area is 159 Å². The third kappa shape index (κ3) is 4.96. The number of ether oxygens (including phenoxy) is 1. The maximum absolute atomic E-state index is 11.4. The molecule has 8 heteroatoms. The lowest BCUT2D eigenvalue weighted by atomic mass is 10.1. The van der Waals surface area contributed by atoms with Crippen LogP contribution in [0.3, 0.4) is 0 Å². The van der Waals surface area contributed by atoms with Crippen LogP contribution in [0.5, 0.6) is 0 Å². The number of aryl methyl sites for hydroxylation is 1. The summed E-state index contributed by atoms with van der Waals surface area (Å²) in [6.07, 6.45) is 8.85. The molecule has 134 valence electrons. The zero-order valence-corrected chi connectivity index (χ0v) is 16.8. The summed E-state index contributed by atoms with van der Waals surface area (Å²) in [5, 5.41) is 10.2. The van der Waals surface area contributed by atoms with Crippen LogP contribution in [0.15, 0.2) is 52.5 Å². The molecule has 1 aliphatic rings. The molecule has 0 amide bonds. The van der Waals surface area contributed by atoms with Crippen LogP contribution in [0.1, 0.15) is 19.4 Å². The standard InChI is InChI=1S/C11H16N2O2.C6H5BrN2S/c1-4-12-10-6-9(7-13-8(10)3)11(14)15-5-2;1-4-2-8-9-3-5(7)10-6(4)9/h4,6-8,12-13H,1,5H2,2-3H3;2-3H,1H3. The van der Waals surface area contributed by atoms with E-state index in [1.165, 1.54) is 10.4 Å². The molecule has 2 aromatic heterocycles. The quantitative estimate of drug-likeness (QED) is 0.734. The van der Waals surface area contributed by atoms with Crippen molar-refractivity contribution in [3.05, 3.63) is 58.1 Å². The van der Waals surface area contributed by atoms with Gasteiger partial charge in [-0.2, -0.15) is 5.10 Å². The molecule has 1 unspecified atom stereocenters. The van der Waals surface area contributed by atoms with Crippen molar-refractivity contribution in [3.63, 3.8) is 0 Å². The average molecular weight is 425 g/mol. The van der Waals surface area contributed by atoms with Gasteiger partial charge < -0.3 is 15.4 Å². The molecular formula is C17H21BrN4O2S. The first-order chi connectivity index (χ1) is 12.0. The number of hydrogen-bond donors (Lipinski definition) is 2. The van der Waals surface area contributed by atoms with Crippen LogP contribution in [0.4, 0.5) is 0 Å². The first kappa shape index (κ1) is 19.3. The van der Waals surface area contributed by atoms with Gasteiger partial charge in [0.25, 0.3) is 0 Å². The normalized spacial score (nSPS) is 16.1. The highest BCUT2D eigenvalue weighted by Crippen LogP contribution is 2.24. The van der Waals surface area contributed by atoms with Crippen molar-refractivity contribution in [1.29, 1.82) is 0 Å². The van der Waals surface area contributed by atoms with Crippen LogP contribution in [0.25, 0.3) is 4.83 Å². The number of carbonyl (C=O) groups excluding carboxylic acids is 1. The van der Waals surface area contributed by atoms with Gasteiger partial charge >= 0.3 is 5.97 Å². The maximum Gasteiger partial charge on any atom is 0.339 e. The van der Waals surface area contributed by atoms with E-state index in [-0.39, 0.29) is 12.0 Å². The first-order valence-corrected chi connectivity index (χ1v) is 9.38. The zero-order valence-electron chi connectivity index (χ0n) is 14.4. The second-order valence-corrected chi connectivity index (χ2v) is 7.68. The second kappa shape index (κ2) is 8.87. The highest BCUT2D eigenvalue weighted by molar-refractivity contribution is 9.11. The molecule has 0 fully saturated rings. The van der Waals surface area contributed by atoms with Gasteiger partial charge in [-0.3, -0.25) is 0 Å². The number of rotatable bonds is 4. The topological polar surface area (TPSA) is 67.7 Å². The average Bonchev–Trinajstić information content (AvgIpc) is 3.11. The number of esters is 1. The number of fused-ring (bicyclic) bond motifs is 1. The Hall–Kier alpha value is -2.06. The number of thiazole rings is 1. The number of carbonyl (C=O) groups is 1. The van der Waals surface area contributed by atoms with Gasteiger partial charge in [-0.05, 0) is 49.0 Å². The van der Waals surface area contributed by atoms with Crippen molar-refractivity contribution in [2.24, 2.45) is 0 Å². The fourth-order valence-corrected chi connectivity index (χ4v) is 3.53. The molecule has 0 spiro atoms. The second-order valence-electron chi connectivity index (χ2n) is 5.27. The lowest BCUT2D eigenvalue weighted by Gasteiger charge is -2.21. The van der Waals surface area contributed by atoms with E-state index in [2.05, 4.69) is 45.2 Å². The summed E-state index contributed by atoms with van der Waals surface area (Å²) in [5.41, 5.74) is 2.64. The van der Waals surface area contributed by atoms with Crippen LogP contribution in [-0.4, -0.2) is 28.2 Å². The monoisotopic (exact) mass is 424 g/mol. The lowest BCUT2D eigenvalue weighted by molar-refractivity contribution is -0.138. The van der Waals surface area contributed by atoms with Crippen LogP contribution in [0.2, 0.25) is 0 Å². The van der Waals surface area contributed by atoms with E-state index >= 15 is 0 Å². The Bertz CT molecular complexity index is 822. The van der Waals surface area contributed by atoms with Gasteiger partial charge in [0.2, 0.25) is 0 Å². The van der Waals surface area contributed by atoms with Crippen molar-refractivity contribution < 1.29 is 9.53 Å². The van der Waals surface area contributed by atoms with E-state index in [1.807, 2.05) is 23.8 Å². The predicted octanol–water partition coefficient (Wildman–Crippen LogP) is 3.51. The van der Waals surface area contributed by atoms with Crippen LogP contribution >= 0.6 is 27.3 Å². The minimum absolute atomic E-state index is 0.140. The number of nitrogens with one attached hydrogen (secondary N) is 2. The molecule has 3 rings (SSSR count). The van der Waals surface area contributed by atoms with Crippen molar-refractivity contribution >= 4 is 38.1 Å². The molecule has 0 saturated carbocycles. The van der Waals surface area contributed by atoms with Crippen molar-refractivity contribution in [2.45, 2.75) is 26.8 Å². The van der Waals surface area contributed by atoms with Crippen molar-refractivity contribution in [1.82, 2.24) is 20.2 Å². The van der Waals surface area contributed by atoms with Gasteiger partial charge in [0.15, 0.2) is 0 Å². The largest absolute Gasteiger partial charge is 0.462 e. The third-order valence-electron chi connectivity index (χ3n) is 3.39. The number of nitrogens with zero attached hydrogens (tertiary/aromatic N) is 2. The zero-order chi connectivity index (χ0) is 18.4. The van der Waals surface area contributed by atoms with Gasteiger partial charge in [-0.1, -0.05) is 6.58 Å². The van der Waals surface area contributed by atoms with Crippen LogP contribution in [-0.2, 0) is 9.53 Å². The molecule has 2 N–H and O–H groups in total. The molecule has 0 saturated heterocycles. The van der Waals surface area contributed by atoms with Gasteiger partial charge in [0.1, 0.15) is 4.83 Å². The summed E-state index contributed by atoms with van der Waals surface area (Å²) in [6.45, 7) is 9.79. The first-order valence-electron chi connectivity index (χ1n) is 7.77. The molecule has 0 aliphatic carbocycles. The number of dihydropyridines is 1. The van der Waals surface area contributed by atoms with E-state index in [1.54, 1.807) is 36.7 Å².